The van der Waals surface area contributed by atoms with E-state index < -0.39 is 5.41 Å². The van der Waals surface area contributed by atoms with Crippen LogP contribution >= 0.6 is 0 Å². The first-order valence-electron chi connectivity index (χ1n) is 7.64. The van der Waals surface area contributed by atoms with Gasteiger partial charge in [0.25, 0.3) is 0 Å². The van der Waals surface area contributed by atoms with E-state index in [0.29, 0.717) is 13.0 Å². The highest BCUT2D eigenvalue weighted by Crippen LogP contribution is 2.38. The summed E-state index contributed by atoms with van der Waals surface area (Å²) in [6.45, 7) is 4.62. The van der Waals surface area contributed by atoms with Gasteiger partial charge >= 0.3 is 0 Å². The van der Waals surface area contributed by atoms with Crippen molar-refractivity contribution in [2.45, 2.75) is 38.5 Å². The Balaban J connectivity index is 2.48. The summed E-state index contributed by atoms with van der Waals surface area (Å²) in [5.41, 5.74) is 1.12. The van der Waals surface area contributed by atoms with Crippen LogP contribution in [0.15, 0.2) is 42.9 Å². The molecule has 0 fully saturated rings. The van der Waals surface area contributed by atoms with Crippen molar-refractivity contribution in [2.75, 3.05) is 6.61 Å². The molecular weight excluding hydrogens is 274 g/mol. The van der Waals surface area contributed by atoms with Gasteiger partial charge in [-0.3, -0.25) is 9.97 Å². The average molecular weight is 295 g/mol. The zero-order chi connectivity index (χ0) is 15.8. The van der Waals surface area contributed by atoms with Crippen molar-refractivity contribution in [3.8, 4) is 11.8 Å². The van der Waals surface area contributed by atoms with E-state index in [4.69, 9.17) is 4.74 Å². The van der Waals surface area contributed by atoms with Gasteiger partial charge in [0.15, 0.2) is 0 Å². The van der Waals surface area contributed by atoms with E-state index in [1.807, 2.05) is 31.2 Å². The number of ether oxygens (including phenoxy) is 1. The molecule has 4 heteroatoms. The van der Waals surface area contributed by atoms with Gasteiger partial charge in [0.1, 0.15) is 5.75 Å². The van der Waals surface area contributed by atoms with Gasteiger partial charge < -0.3 is 4.74 Å². The van der Waals surface area contributed by atoms with Gasteiger partial charge in [-0.05, 0) is 19.4 Å². The first kappa shape index (κ1) is 16.0. The van der Waals surface area contributed by atoms with E-state index in [9.17, 15) is 5.26 Å². The molecule has 2 rings (SSSR count). The molecule has 114 valence electrons. The minimum Gasteiger partial charge on any atom is -0.494 e. The average Bonchev–Trinajstić information content (AvgIpc) is 2.56. The molecule has 1 heterocycles. The van der Waals surface area contributed by atoms with Crippen LogP contribution in [0.25, 0.3) is 0 Å². The van der Waals surface area contributed by atoms with Gasteiger partial charge in [-0.25, -0.2) is 0 Å². The van der Waals surface area contributed by atoms with Gasteiger partial charge in [-0.2, -0.15) is 5.26 Å². The predicted octanol–water partition coefficient (Wildman–Crippen LogP) is 3.68. The maximum absolute atomic E-state index is 9.96. The first-order chi connectivity index (χ1) is 10.8. The molecule has 0 aliphatic carbocycles. The third kappa shape index (κ3) is 3.43. The SMILES string of the molecule is CCCC(C#N)(Cc1cnccn1)c1ccccc1OCC. The Kier molecular flexibility index (Phi) is 5.48. The van der Waals surface area contributed by atoms with E-state index in [1.165, 1.54) is 0 Å². The van der Waals surface area contributed by atoms with Crippen LogP contribution in [0, 0.1) is 11.3 Å². The van der Waals surface area contributed by atoms with E-state index in [-0.39, 0.29) is 0 Å². The number of para-hydroxylation sites is 1. The summed E-state index contributed by atoms with van der Waals surface area (Å²) in [7, 11) is 0. The summed E-state index contributed by atoms with van der Waals surface area (Å²) in [5.74, 6) is 0.781. The number of aromatic nitrogens is 2. The van der Waals surface area contributed by atoms with Crippen LogP contribution in [-0.4, -0.2) is 16.6 Å². The Bertz CT molecular complexity index is 636. The Morgan fingerprint density at radius 1 is 1.23 bits per heavy atom. The van der Waals surface area contributed by atoms with Crippen LogP contribution in [0.3, 0.4) is 0 Å². The van der Waals surface area contributed by atoms with Gasteiger partial charge in [0, 0.05) is 30.6 Å². The largest absolute Gasteiger partial charge is 0.494 e. The summed E-state index contributed by atoms with van der Waals surface area (Å²) < 4.78 is 5.74. The third-order valence-corrected chi connectivity index (χ3v) is 3.69. The highest BCUT2D eigenvalue weighted by atomic mass is 16.5. The maximum atomic E-state index is 9.96. The number of hydrogen-bond acceptors (Lipinski definition) is 4. The molecule has 1 aromatic carbocycles. The molecule has 0 saturated carbocycles. The van der Waals surface area contributed by atoms with Crippen LogP contribution in [0.5, 0.6) is 5.75 Å². The van der Waals surface area contributed by atoms with Crippen molar-refractivity contribution >= 4 is 0 Å². The summed E-state index contributed by atoms with van der Waals surface area (Å²) in [4.78, 5) is 8.45. The summed E-state index contributed by atoms with van der Waals surface area (Å²) in [6.07, 6.45) is 7.24. The molecule has 2 aromatic rings. The first-order valence-corrected chi connectivity index (χ1v) is 7.64. The lowest BCUT2D eigenvalue weighted by Gasteiger charge is -2.28. The lowest BCUT2D eigenvalue weighted by Crippen LogP contribution is -2.28. The Morgan fingerprint density at radius 2 is 2.05 bits per heavy atom. The van der Waals surface area contributed by atoms with Crippen molar-refractivity contribution in [1.29, 1.82) is 5.26 Å². The van der Waals surface area contributed by atoms with Crippen LogP contribution in [0.1, 0.15) is 37.9 Å². The molecule has 0 spiro atoms. The summed E-state index contributed by atoms with van der Waals surface area (Å²) in [6, 6.07) is 10.3. The molecule has 1 atom stereocenters. The van der Waals surface area contributed by atoms with Crippen LogP contribution in [-0.2, 0) is 11.8 Å². The fraction of sp³-hybridized carbons (Fsp3) is 0.389. The minimum absolute atomic E-state index is 0.537. The highest BCUT2D eigenvalue weighted by molar-refractivity contribution is 5.44. The fourth-order valence-corrected chi connectivity index (χ4v) is 2.77. The molecule has 4 nitrogen and oxygen atoms in total. The van der Waals surface area contributed by atoms with Gasteiger partial charge in [0.2, 0.25) is 0 Å². The molecule has 1 aromatic heterocycles. The molecule has 1 unspecified atom stereocenters. The monoisotopic (exact) mass is 295 g/mol. The zero-order valence-electron chi connectivity index (χ0n) is 13.1. The highest BCUT2D eigenvalue weighted by Gasteiger charge is 2.35. The quantitative estimate of drug-likeness (QED) is 0.782. The van der Waals surface area contributed by atoms with Crippen LogP contribution < -0.4 is 4.74 Å². The van der Waals surface area contributed by atoms with Crippen molar-refractivity contribution in [1.82, 2.24) is 9.97 Å². The lowest BCUT2D eigenvalue weighted by atomic mass is 9.74. The standard InChI is InChI=1S/C18H21N3O/c1-3-9-18(14-19,12-15-13-20-10-11-21-15)16-7-5-6-8-17(16)22-4-2/h5-8,10-11,13H,3-4,9,12H2,1-2H3. The molecule has 0 radical (unpaired) electrons. The van der Waals surface area contributed by atoms with Gasteiger partial charge in [0.05, 0.1) is 23.8 Å². The Hall–Kier alpha value is -2.41. The maximum Gasteiger partial charge on any atom is 0.124 e. The summed E-state index contributed by atoms with van der Waals surface area (Å²) >= 11 is 0. The second-order valence-electron chi connectivity index (χ2n) is 5.25. The normalized spacial score (nSPS) is 13.1. The second kappa shape index (κ2) is 7.56. The number of nitrogens with zero attached hydrogens (tertiary/aromatic N) is 3. The van der Waals surface area contributed by atoms with Crippen molar-refractivity contribution in [2.24, 2.45) is 0 Å². The van der Waals surface area contributed by atoms with Crippen LogP contribution in [0.4, 0.5) is 0 Å². The third-order valence-electron chi connectivity index (χ3n) is 3.69. The number of benzene rings is 1. The number of nitriles is 1. The molecule has 0 aliphatic rings. The van der Waals surface area contributed by atoms with Crippen LogP contribution in [0.2, 0.25) is 0 Å². The minimum atomic E-state index is -0.642. The van der Waals surface area contributed by atoms with Gasteiger partial charge in [-0.15, -0.1) is 0 Å². The molecule has 0 bridgehead atoms. The van der Waals surface area contributed by atoms with E-state index in [0.717, 1.165) is 29.8 Å². The second-order valence-corrected chi connectivity index (χ2v) is 5.25. The van der Waals surface area contributed by atoms with Crippen molar-refractivity contribution in [3.63, 3.8) is 0 Å². The van der Waals surface area contributed by atoms with E-state index in [2.05, 4.69) is 23.0 Å². The lowest BCUT2D eigenvalue weighted by molar-refractivity contribution is 0.326. The Labute approximate surface area is 131 Å². The van der Waals surface area contributed by atoms with Crippen molar-refractivity contribution in [3.05, 3.63) is 54.1 Å². The molecule has 0 amide bonds. The van der Waals surface area contributed by atoms with Gasteiger partial charge in [-0.1, -0.05) is 31.5 Å². The predicted molar refractivity (Wildman–Crippen MR) is 85.5 cm³/mol. The fourth-order valence-electron chi connectivity index (χ4n) is 2.77. The summed E-state index contributed by atoms with van der Waals surface area (Å²) in [5, 5.41) is 9.96. The molecule has 0 N–H and O–H groups in total. The Morgan fingerprint density at radius 3 is 2.68 bits per heavy atom. The smallest absolute Gasteiger partial charge is 0.124 e. The van der Waals surface area contributed by atoms with E-state index >= 15 is 0 Å². The number of rotatable bonds is 7. The molecule has 0 aliphatic heterocycles. The molecule has 0 saturated heterocycles. The number of hydrogen-bond donors (Lipinski definition) is 0. The molecule has 22 heavy (non-hydrogen) atoms. The van der Waals surface area contributed by atoms with E-state index in [1.54, 1.807) is 18.6 Å². The molecular formula is C18H21N3O. The van der Waals surface area contributed by atoms with Crippen molar-refractivity contribution < 1.29 is 4.74 Å². The zero-order valence-corrected chi connectivity index (χ0v) is 13.1. The topological polar surface area (TPSA) is 58.8 Å².